The van der Waals surface area contributed by atoms with Crippen LogP contribution in [0.1, 0.15) is 27.2 Å². The van der Waals surface area contributed by atoms with Gasteiger partial charge >= 0.3 is 0 Å². The van der Waals surface area contributed by atoms with E-state index in [0.29, 0.717) is 25.7 Å². The molecule has 0 aromatic carbocycles. The third-order valence-corrected chi connectivity index (χ3v) is 3.96. The number of anilines is 1. The molecule has 0 atom stereocenters. The molecule has 1 aromatic rings. The molecule has 0 amide bonds. The fourth-order valence-electron chi connectivity index (χ4n) is 1.61. The number of sulfonamides is 1. The van der Waals surface area contributed by atoms with E-state index < -0.39 is 10.0 Å². The molecule has 0 spiro atoms. The Hall–Kier alpha value is -1.12. The van der Waals surface area contributed by atoms with E-state index in [1.54, 1.807) is 4.68 Å². The summed E-state index contributed by atoms with van der Waals surface area (Å²) in [6.07, 6.45) is 2.31. The van der Waals surface area contributed by atoms with E-state index in [9.17, 15) is 8.42 Å². The Labute approximate surface area is 120 Å². The van der Waals surface area contributed by atoms with Gasteiger partial charge in [-0.1, -0.05) is 20.8 Å². The number of rotatable bonds is 9. The van der Waals surface area contributed by atoms with E-state index in [4.69, 9.17) is 10.5 Å². The van der Waals surface area contributed by atoms with Crippen molar-refractivity contribution in [2.75, 3.05) is 25.5 Å². The molecule has 116 valence electrons. The van der Waals surface area contributed by atoms with Gasteiger partial charge in [0.25, 0.3) is 0 Å². The minimum atomic E-state index is -3.63. The third kappa shape index (κ3) is 5.10. The van der Waals surface area contributed by atoms with E-state index in [1.165, 1.54) is 6.20 Å². The molecule has 0 aliphatic heterocycles. The molecule has 1 rings (SSSR count). The molecule has 0 saturated heterocycles. The van der Waals surface area contributed by atoms with Crippen molar-refractivity contribution in [1.82, 2.24) is 14.5 Å². The molecule has 0 unspecified atom stereocenters. The first-order valence-electron chi connectivity index (χ1n) is 6.77. The highest BCUT2D eigenvalue weighted by Gasteiger charge is 2.20. The van der Waals surface area contributed by atoms with Crippen LogP contribution in [-0.2, 0) is 21.3 Å². The van der Waals surface area contributed by atoms with Crippen molar-refractivity contribution in [1.29, 1.82) is 0 Å². The van der Waals surface area contributed by atoms with E-state index in [0.717, 1.165) is 6.42 Å². The standard InChI is InChI=1S/C12H24N4O3S/c1-4-6-16-8-11(12(13)15-16)20(17,18)14-5-7-19-9-10(2)3/h8,10,14H,4-7,9H2,1-3H3,(H2,13,15). The summed E-state index contributed by atoms with van der Waals surface area (Å²) in [6.45, 7) is 7.85. The van der Waals surface area contributed by atoms with Gasteiger partial charge < -0.3 is 10.5 Å². The Kier molecular flexibility index (Phi) is 6.44. The molecule has 0 saturated carbocycles. The number of aromatic nitrogens is 2. The smallest absolute Gasteiger partial charge is 0.245 e. The van der Waals surface area contributed by atoms with E-state index in [-0.39, 0.29) is 17.3 Å². The van der Waals surface area contributed by atoms with Crippen molar-refractivity contribution in [2.45, 2.75) is 38.6 Å². The van der Waals surface area contributed by atoms with Crippen LogP contribution in [0.4, 0.5) is 5.82 Å². The Morgan fingerprint density at radius 2 is 2.20 bits per heavy atom. The molecule has 8 heteroatoms. The lowest BCUT2D eigenvalue weighted by atomic mass is 10.2. The van der Waals surface area contributed by atoms with Crippen molar-refractivity contribution < 1.29 is 13.2 Å². The zero-order valence-electron chi connectivity index (χ0n) is 12.3. The largest absolute Gasteiger partial charge is 0.381 e. The minimum Gasteiger partial charge on any atom is -0.381 e. The quantitative estimate of drug-likeness (QED) is 0.658. The first-order valence-corrected chi connectivity index (χ1v) is 8.25. The fourth-order valence-corrected chi connectivity index (χ4v) is 2.70. The van der Waals surface area contributed by atoms with Crippen LogP contribution in [0.5, 0.6) is 0 Å². The van der Waals surface area contributed by atoms with Crippen molar-refractivity contribution >= 4 is 15.8 Å². The Bertz CT molecular complexity index is 511. The SMILES string of the molecule is CCCn1cc(S(=O)(=O)NCCOCC(C)C)c(N)n1. The Morgan fingerprint density at radius 3 is 2.80 bits per heavy atom. The normalized spacial score (nSPS) is 12.2. The summed E-state index contributed by atoms with van der Waals surface area (Å²) >= 11 is 0. The van der Waals surface area contributed by atoms with Crippen LogP contribution in [0.3, 0.4) is 0 Å². The maximum atomic E-state index is 12.1. The molecule has 0 aliphatic carbocycles. The zero-order chi connectivity index (χ0) is 15.2. The highest BCUT2D eigenvalue weighted by Crippen LogP contribution is 2.15. The van der Waals surface area contributed by atoms with Gasteiger partial charge in [0.05, 0.1) is 6.61 Å². The maximum Gasteiger partial charge on any atom is 0.245 e. The first kappa shape index (κ1) is 16.9. The second-order valence-corrected chi connectivity index (χ2v) is 6.74. The summed E-state index contributed by atoms with van der Waals surface area (Å²) in [5.74, 6) is 0.448. The molecule has 0 radical (unpaired) electrons. The predicted octanol–water partition coefficient (Wildman–Crippen LogP) is 0.826. The van der Waals surface area contributed by atoms with E-state index >= 15 is 0 Å². The second-order valence-electron chi connectivity index (χ2n) is 5.01. The highest BCUT2D eigenvalue weighted by atomic mass is 32.2. The summed E-state index contributed by atoms with van der Waals surface area (Å²) in [5, 5.41) is 3.98. The lowest BCUT2D eigenvalue weighted by Gasteiger charge is -2.08. The highest BCUT2D eigenvalue weighted by molar-refractivity contribution is 7.89. The first-order chi connectivity index (χ1) is 9.36. The van der Waals surface area contributed by atoms with Gasteiger partial charge in [-0.15, -0.1) is 0 Å². The molecule has 20 heavy (non-hydrogen) atoms. The average molecular weight is 304 g/mol. The lowest BCUT2D eigenvalue weighted by molar-refractivity contribution is 0.114. The summed E-state index contributed by atoms with van der Waals surface area (Å²) < 4.78 is 33.5. The molecule has 0 bridgehead atoms. The molecule has 3 N–H and O–H groups in total. The van der Waals surface area contributed by atoms with Gasteiger partial charge in [0.1, 0.15) is 4.90 Å². The summed E-state index contributed by atoms with van der Waals surface area (Å²) in [6, 6.07) is 0. The van der Waals surface area contributed by atoms with Gasteiger partial charge in [0.15, 0.2) is 5.82 Å². The van der Waals surface area contributed by atoms with Crippen LogP contribution in [0.2, 0.25) is 0 Å². The molecule has 1 heterocycles. The molecular formula is C12H24N4O3S. The Balaban J connectivity index is 2.55. The van der Waals surface area contributed by atoms with Crippen LogP contribution >= 0.6 is 0 Å². The van der Waals surface area contributed by atoms with Crippen LogP contribution in [0.25, 0.3) is 0 Å². The van der Waals surface area contributed by atoms with Crippen molar-refractivity contribution in [3.8, 4) is 0 Å². The number of nitrogens with two attached hydrogens (primary N) is 1. The molecule has 0 fully saturated rings. The van der Waals surface area contributed by atoms with E-state index in [2.05, 4.69) is 9.82 Å². The molecule has 7 nitrogen and oxygen atoms in total. The molecule has 1 aromatic heterocycles. The predicted molar refractivity (Wildman–Crippen MR) is 77.8 cm³/mol. The fraction of sp³-hybridized carbons (Fsp3) is 0.750. The van der Waals surface area contributed by atoms with E-state index in [1.807, 2.05) is 20.8 Å². The van der Waals surface area contributed by atoms with Gasteiger partial charge in [-0.05, 0) is 12.3 Å². The number of nitrogens with zero attached hydrogens (tertiary/aromatic N) is 2. The summed E-state index contributed by atoms with van der Waals surface area (Å²) in [7, 11) is -3.63. The zero-order valence-corrected chi connectivity index (χ0v) is 13.1. The molecule has 0 aliphatic rings. The number of nitrogens with one attached hydrogen (secondary N) is 1. The monoisotopic (exact) mass is 304 g/mol. The number of nitrogen functional groups attached to an aromatic ring is 1. The summed E-state index contributed by atoms with van der Waals surface area (Å²) in [5.41, 5.74) is 5.65. The van der Waals surface area contributed by atoms with Gasteiger partial charge in [-0.3, -0.25) is 4.68 Å². The number of ether oxygens (including phenoxy) is 1. The second kappa shape index (κ2) is 7.61. The maximum absolute atomic E-state index is 12.1. The lowest BCUT2D eigenvalue weighted by Crippen LogP contribution is -2.28. The van der Waals surface area contributed by atoms with Crippen LogP contribution in [0, 0.1) is 5.92 Å². The van der Waals surface area contributed by atoms with Gasteiger partial charge in [-0.2, -0.15) is 5.10 Å². The number of aryl methyl sites for hydroxylation is 1. The van der Waals surface area contributed by atoms with Gasteiger partial charge in [0.2, 0.25) is 10.0 Å². The van der Waals surface area contributed by atoms with Gasteiger partial charge in [-0.25, -0.2) is 13.1 Å². The van der Waals surface area contributed by atoms with Crippen molar-refractivity contribution in [2.24, 2.45) is 5.92 Å². The van der Waals surface area contributed by atoms with Crippen LogP contribution < -0.4 is 10.5 Å². The summed E-state index contributed by atoms with van der Waals surface area (Å²) in [4.78, 5) is 0.0230. The Morgan fingerprint density at radius 1 is 1.50 bits per heavy atom. The number of hydrogen-bond acceptors (Lipinski definition) is 5. The van der Waals surface area contributed by atoms with Crippen molar-refractivity contribution in [3.63, 3.8) is 0 Å². The molecular weight excluding hydrogens is 280 g/mol. The topological polar surface area (TPSA) is 99.2 Å². The van der Waals surface area contributed by atoms with Crippen molar-refractivity contribution in [3.05, 3.63) is 6.20 Å². The third-order valence-electron chi connectivity index (χ3n) is 2.49. The van der Waals surface area contributed by atoms with Gasteiger partial charge in [0, 0.05) is 25.9 Å². The number of hydrogen-bond donors (Lipinski definition) is 2. The minimum absolute atomic E-state index is 0.0223. The van der Waals surface area contributed by atoms with Crippen LogP contribution in [0.15, 0.2) is 11.1 Å². The van der Waals surface area contributed by atoms with Crippen LogP contribution in [-0.4, -0.2) is 38.0 Å². The average Bonchev–Trinajstić information content (AvgIpc) is 2.70.